The highest BCUT2D eigenvalue weighted by Gasteiger charge is 2.42. The highest BCUT2D eigenvalue weighted by Crippen LogP contribution is 2.45. The lowest BCUT2D eigenvalue weighted by Gasteiger charge is -2.44. The molecule has 0 radical (unpaired) electrons. The van der Waals surface area contributed by atoms with Gasteiger partial charge in [-0.25, -0.2) is 0 Å². The minimum absolute atomic E-state index is 0.115. The van der Waals surface area contributed by atoms with Gasteiger partial charge in [0.15, 0.2) is 0 Å². The lowest BCUT2D eigenvalue weighted by atomic mass is 9.75. The third-order valence-corrected chi connectivity index (χ3v) is 5.61. The molecule has 1 aliphatic rings. The molecule has 2 aromatic carbocycles. The molecule has 4 atom stereocenters. The van der Waals surface area contributed by atoms with E-state index in [1.807, 2.05) is 13.8 Å². The van der Waals surface area contributed by atoms with Gasteiger partial charge in [0.05, 0.1) is 6.10 Å². The van der Waals surface area contributed by atoms with Gasteiger partial charge in [0.25, 0.3) is 0 Å². The number of rotatable bonds is 2. The van der Waals surface area contributed by atoms with Gasteiger partial charge in [-0.3, -0.25) is 0 Å². The molecule has 25 heavy (non-hydrogen) atoms. The van der Waals surface area contributed by atoms with Crippen LogP contribution < -0.4 is 5.32 Å². The van der Waals surface area contributed by atoms with Gasteiger partial charge in [0.1, 0.15) is 11.5 Å². The van der Waals surface area contributed by atoms with Crippen molar-refractivity contribution in [3.05, 3.63) is 57.6 Å². The molecule has 134 valence electrons. The average molecular weight is 382 g/mol. The molecular formula is C19H21Cl2NO3. The van der Waals surface area contributed by atoms with Crippen molar-refractivity contribution < 1.29 is 15.3 Å². The lowest BCUT2D eigenvalue weighted by molar-refractivity contribution is -0.00759. The van der Waals surface area contributed by atoms with Crippen LogP contribution in [0.5, 0.6) is 11.5 Å². The summed E-state index contributed by atoms with van der Waals surface area (Å²) in [7, 11) is 0. The number of benzene rings is 2. The molecule has 0 aromatic heterocycles. The second-order valence-corrected chi connectivity index (χ2v) is 7.61. The van der Waals surface area contributed by atoms with E-state index in [9.17, 15) is 15.3 Å². The number of hydrogen-bond acceptors (Lipinski definition) is 4. The molecule has 0 aliphatic carbocycles. The molecule has 1 heterocycles. The molecule has 1 aliphatic heterocycles. The predicted molar refractivity (Wildman–Crippen MR) is 99.2 cm³/mol. The fourth-order valence-electron chi connectivity index (χ4n) is 3.67. The Balaban J connectivity index is 2.04. The summed E-state index contributed by atoms with van der Waals surface area (Å²) in [6.07, 6.45) is -0.631. The number of aliphatic hydroxyl groups excluding tert-OH is 1. The number of aromatic hydroxyl groups is 2. The molecular weight excluding hydrogens is 361 g/mol. The summed E-state index contributed by atoms with van der Waals surface area (Å²) < 4.78 is 0. The van der Waals surface area contributed by atoms with Crippen molar-refractivity contribution in [1.29, 1.82) is 0 Å². The molecule has 4 unspecified atom stereocenters. The third kappa shape index (κ3) is 3.44. The van der Waals surface area contributed by atoms with Crippen LogP contribution in [-0.2, 0) is 0 Å². The molecule has 3 rings (SSSR count). The van der Waals surface area contributed by atoms with Crippen molar-refractivity contribution in [3.8, 4) is 11.5 Å². The minimum atomic E-state index is -0.631. The van der Waals surface area contributed by atoms with Gasteiger partial charge in [-0.15, -0.1) is 0 Å². The fraction of sp³-hybridized carbons (Fsp3) is 0.368. The normalized spacial score (nSPS) is 29.6. The maximum Gasteiger partial charge on any atom is 0.120 e. The Hall–Kier alpha value is -1.46. The number of phenols is 2. The molecule has 1 saturated heterocycles. The summed E-state index contributed by atoms with van der Waals surface area (Å²) in [6, 6.07) is 9.07. The summed E-state index contributed by atoms with van der Waals surface area (Å²) in [5.74, 6) is -0.0805. The minimum Gasteiger partial charge on any atom is -0.508 e. The summed E-state index contributed by atoms with van der Waals surface area (Å²) in [5.41, 5.74) is 1.25. The maximum absolute atomic E-state index is 10.8. The van der Waals surface area contributed by atoms with Crippen molar-refractivity contribution in [2.45, 2.75) is 32.0 Å². The number of halogens is 2. The van der Waals surface area contributed by atoms with Crippen molar-refractivity contribution in [2.75, 3.05) is 0 Å². The Labute approximate surface area is 157 Å². The van der Waals surface area contributed by atoms with Crippen LogP contribution in [0.15, 0.2) is 36.4 Å². The van der Waals surface area contributed by atoms with E-state index in [0.29, 0.717) is 21.2 Å². The van der Waals surface area contributed by atoms with Gasteiger partial charge < -0.3 is 20.6 Å². The van der Waals surface area contributed by atoms with Crippen LogP contribution in [0.3, 0.4) is 0 Å². The molecule has 1 fully saturated rings. The highest BCUT2D eigenvalue weighted by molar-refractivity contribution is 6.31. The highest BCUT2D eigenvalue weighted by atomic mass is 35.5. The van der Waals surface area contributed by atoms with Crippen molar-refractivity contribution in [2.24, 2.45) is 11.8 Å². The quantitative estimate of drug-likeness (QED) is 0.620. The van der Waals surface area contributed by atoms with Crippen molar-refractivity contribution in [3.63, 3.8) is 0 Å². The van der Waals surface area contributed by atoms with Crippen LogP contribution >= 0.6 is 23.2 Å². The number of aliphatic hydroxyl groups is 1. The lowest BCUT2D eigenvalue weighted by Crippen LogP contribution is -2.48. The van der Waals surface area contributed by atoms with Crippen LogP contribution in [0.4, 0.5) is 0 Å². The van der Waals surface area contributed by atoms with Gasteiger partial charge >= 0.3 is 0 Å². The van der Waals surface area contributed by atoms with Crippen LogP contribution in [0.25, 0.3) is 0 Å². The Morgan fingerprint density at radius 1 is 0.800 bits per heavy atom. The first-order valence-corrected chi connectivity index (χ1v) is 8.96. The smallest absolute Gasteiger partial charge is 0.120 e. The average Bonchev–Trinajstić information content (AvgIpc) is 2.58. The third-order valence-electron chi connectivity index (χ3n) is 5.14. The first kappa shape index (κ1) is 18.3. The van der Waals surface area contributed by atoms with Gasteiger partial charge in [-0.05, 0) is 36.4 Å². The SMILES string of the molecule is CC1C(c2cc(Cl)ccc2O)NC(c2cc(Cl)ccc2O)C(C)C1O. The van der Waals surface area contributed by atoms with Crippen LogP contribution in [0, 0.1) is 11.8 Å². The molecule has 0 bridgehead atoms. The zero-order valence-electron chi connectivity index (χ0n) is 13.9. The number of piperidine rings is 1. The zero-order valence-corrected chi connectivity index (χ0v) is 15.5. The first-order valence-electron chi connectivity index (χ1n) is 8.20. The Morgan fingerprint density at radius 3 is 1.60 bits per heavy atom. The number of hydrogen-bond donors (Lipinski definition) is 4. The molecule has 6 heteroatoms. The van der Waals surface area contributed by atoms with Gasteiger partial charge in [-0.1, -0.05) is 37.0 Å². The summed E-state index contributed by atoms with van der Waals surface area (Å²) in [5, 5.41) is 35.8. The summed E-state index contributed by atoms with van der Waals surface area (Å²) >= 11 is 12.2. The number of phenolic OH excluding ortho intramolecular Hbond substituents is 2. The Morgan fingerprint density at radius 2 is 1.20 bits per heavy atom. The number of nitrogens with one attached hydrogen (secondary N) is 1. The van der Waals surface area contributed by atoms with Gasteiger partial charge in [0, 0.05) is 45.1 Å². The monoisotopic (exact) mass is 381 g/mol. The largest absolute Gasteiger partial charge is 0.508 e. The van der Waals surface area contributed by atoms with E-state index in [0.717, 1.165) is 0 Å². The van der Waals surface area contributed by atoms with E-state index in [4.69, 9.17) is 23.2 Å². The van der Waals surface area contributed by atoms with Crippen molar-refractivity contribution in [1.82, 2.24) is 5.32 Å². The second-order valence-electron chi connectivity index (χ2n) is 6.74. The van der Waals surface area contributed by atoms with E-state index in [-0.39, 0.29) is 35.4 Å². The molecule has 2 aromatic rings. The fourth-order valence-corrected chi connectivity index (χ4v) is 4.03. The molecule has 4 N–H and O–H groups in total. The zero-order chi connectivity index (χ0) is 18.3. The molecule has 0 saturated carbocycles. The predicted octanol–water partition coefficient (Wildman–Crippen LogP) is 4.42. The van der Waals surface area contributed by atoms with E-state index in [1.165, 1.54) is 0 Å². The Kier molecular flexibility index (Phi) is 5.16. The van der Waals surface area contributed by atoms with E-state index in [1.54, 1.807) is 36.4 Å². The van der Waals surface area contributed by atoms with Crippen LogP contribution in [-0.4, -0.2) is 21.4 Å². The molecule has 0 spiro atoms. The maximum atomic E-state index is 10.8. The van der Waals surface area contributed by atoms with Crippen LogP contribution in [0.2, 0.25) is 10.0 Å². The first-order chi connectivity index (χ1) is 11.8. The molecule has 0 amide bonds. The van der Waals surface area contributed by atoms with E-state index < -0.39 is 6.10 Å². The van der Waals surface area contributed by atoms with E-state index in [2.05, 4.69) is 5.32 Å². The topological polar surface area (TPSA) is 72.7 Å². The van der Waals surface area contributed by atoms with E-state index >= 15 is 0 Å². The van der Waals surface area contributed by atoms with Gasteiger partial charge in [-0.2, -0.15) is 0 Å². The Bertz CT molecular complexity index is 720. The van der Waals surface area contributed by atoms with Crippen molar-refractivity contribution >= 4 is 23.2 Å². The van der Waals surface area contributed by atoms with Crippen LogP contribution in [0.1, 0.15) is 37.1 Å². The summed E-state index contributed by atoms with van der Waals surface area (Å²) in [6.45, 7) is 3.85. The van der Waals surface area contributed by atoms with Gasteiger partial charge in [0.2, 0.25) is 0 Å². The molecule has 4 nitrogen and oxygen atoms in total. The summed E-state index contributed by atoms with van der Waals surface area (Å²) in [4.78, 5) is 0. The second kappa shape index (κ2) is 7.04. The standard InChI is InChI=1S/C19H21Cl2NO3/c1-9-17(13-7-11(20)3-5-15(13)23)22-18(10(2)19(9)25)14-8-12(21)4-6-16(14)24/h3-10,17-19,22-25H,1-2H3.